The minimum Gasteiger partial charge on any atom is -0.350 e. The van der Waals surface area contributed by atoms with Crippen LogP contribution in [-0.4, -0.2) is 32.6 Å². The summed E-state index contributed by atoms with van der Waals surface area (Å²) in [6.45, 7) is 5.95. The van der Waals surface area contributed by atoms with E-state index in [1.165, 1.54) is 5.56 Å². The lowest BCUT2D eigenvalue weighted by atomic mass is 10.0. The van der Waals surface area contributed by atoms with Crippen LogP contribution in [0.3, 0.4) is 0 Å². The molecule has 7 heteroatoms. The summed E-state index contributed by atoms with van der Waals surface area (Å²) in [5, 5.41) is 11.6. The molecule has 4 rings (SSSR count). The third-order valence-corrected chi connectivity index (χ3v) is 5.18. The van der Waals surface area contributed by atoms with Gasteiger partial charge in [-0.3, -0.25) is 14.8 Å². The second kappa shape index (κ2) is 7.72. The summed E-state index contributed by atoms with van der Waals surface area (Å²) in [6.07, 6.45) is 6.13. The van der Waals surface area contributed by atoms with Crippen molar-refractivity contribution in [3.05, 3.63) is 76.5 Å². The van der Waals surface area contributed by atoms with Crippen LogP contribution in [0.2, 0.25) is 0 Å². The van der Waals surface area contributed by atoms with Crippen LogP contribution in [0.15, 0.2) is 42.9 Å². The maximum atomic E-state index is 12.6. The van der Waals surface area contributed by atoms with E-state index in [1.807, 2.05) is 38.2 Å². The highest BCUT2D eigenvalue weighted by Gasteiger charge is 2.23. The lowest BCUT2D eigenvalue weighted by Crippen LogP contribution is -2.33. The van der Waals surface area contributed by atoms with Crippen LogP contribution in [0, 0.1) is 13.8 Å². The molecule has 3 aromatic rings. The summed E-state index contributed by atoms with van der Waals surface area (Å²) in [5.74, 6) is 0.613. The predicted molar refractivity (Wildman–Crippen MR) is 106 cm³/mol. The van der Waals surface area contributed by atoms with Gasteiger partial charge in [-0.2, -0.15) is 0 Å². The van der Waals surface area contributed by atoms with E-state index in [0.717, 1.165) is 47.7 Å². The third kappa shape index (κ3) is 3.55. The highest BCUT2D eigenvalue weighted by molar-refractivity contribution is 5.94. The number of fused-ring (bicyclic) bond motifs is 1. The summed E-state index contributed by atoms with van der Waals surface area (Å²) >= 11 is 0. The highest BCUT2D eigenvalue weighted by Crippen LogP contribution is 2.26. The number of hydrogen-bond acceptors (Lipinski definition) is 6. The Morgan fingerprint density at radius 2 is 1.93 bits per heavy atom. The molecule has 0 atom stereocenters. The van der Waals surface area contributed by atoms with Gasteiger partial charge in [0.05, 0.1) is 0 Å². The quantitative estimate of drug-likeness (QED) is 0.755. The first kappa shape index (κ1) is 18.0. The second-order valence-electron chi connectivity index (χ2n) is 6.94. The van der Waals surface area contributed by atoms with Crippen LogP contribution < -0.4 is 10.2 Å². The SMILES string of the molecule is Cc1c(C(=O)NCc2ccncc2)nnc(N2CCc3ncccc3C2)c1C. The Hall–Kier alpha value is -3.35. The molecule has 142 valence electrons. The Labute approximate surface area is 163 Å². The molecule has 0 radical (unpaired) electrons. The van der Waals surface area contributed by atoms with Crippen molar-refractivity contribution in [2.45, 2.75) is 33.4 Å². The van der Waals surface area contributed by atoms with E-state index >= 15 is 0 Å². The molecule has 0 bridgehead atoms. The largest absolute Gasteiger partial charge is 0.350 e. The third-order valence-electron chi connectivity index (χ3n) is 5.18. The molecule has 1 aliphatic rings. The number of pyridine rings is 2. The average Bonchev–Trinajstić information content (AvgIpc) is 2.74. The molecule has 0 spiro atoms. The van der Waals surface area contributed by atoms with E-state index in [9.17, 15) is 4.79 Å². The molecular weight excluding hydrogens is 352 g/mol. The van der Waals surface area contributed by atoms with Crippen molar-refractivity contribution >= 4 is 11.7 Å². The van der Waals surface area contributed by atoms with Gasteiger partial charge in [0, 0.05) is 50.3 Å². The van der Waals surface area contributed by atoms with E-state index in [0.29, 0.717) is 12.2 Å². The zero-order valence-electron chi connectivity index (χ0n) is 16.0. The van der Waals surface area contributed by atoms with Crippen molar-refractivity contribution in [2.75, 3.05) is 11.4 Å². The number of aromatic nitrogens is 4. The first-order chi connectivity index (χ1) is 13.6. The predicted octanol–water partition coefficient (Wildman–Crippen LogP) is 2.38. The molecular formula is C21H22N6O. The molecule has 0 saturated carbocycles. The molecule has 3 aromatic heterocycles. The topological polar surface area (TPSA) is 83.9 Å². The van der Waals surface area contributed by atoms with Crippen LogP contribution in [0.25, 0.3) is 0 Å². The van der Waals surface area contributed by atoms with E-state index < -0.39 is 0 Å². The van der Waals surface area contributed by atoms with Gasteiger partial charge in [-0.1, -0.05) is 6.07 Å². The number of anilines is 1. The average molecular weight is 374 g/mol. The minimum atomic E-state index is -0.218. The van der Waals surface area contributed by atoms with Crippen molar-refractivity contribution in [1.82, 2.24) is 25.5 Å². The molecule has 0 fully saturated rings. The summed E-state index contributed by atoms with van der Waals surface area (Å²) < 4.78 is 0. The maximum absolute atomic E-state index is 12.6. The lowest BCUT2D eigenvalue weighted by molar-refractivity contribution is 0.0944. The van der Waals surface area contributed by atoms with Gasteiger partial charge in [0.15, 0.2) is 11.5 Å². The van der Waals surface area contributed by atoms with Crippen molar-refractivity contribution in [2.24, 2.45) is 0 Å². The van der Waals surface area contributed by atoms with Crippen molar-refractivity contribution in [3.63, 3.8) is 0 Å². The lowest BCUT2D eigenvalue weighted by Gasteiger charge is -2.30. The number of carbonyl (C=O) groups excluding carboxylic acids is 1. The van der Waals surface area contributed by atoms with E-state index in [2.05, 4.69) is 36.4 Å². The van der Waals surface area contributed by atoms with E-state index in [1.54, 1.807) is 12.4 Å². The molecule has 1 aliphatic heterocycles. The number of nitrogens with one attached hydrogen (secondary N) is 1. The minimum absolute atomic E-state index is 0.218. The van der Waals surface area contributed by atoms with Crippen LogP contribution in [0.4, 0.5) is 5.82 Å². The van der Waals surface area contributed by atoms with Crippen molar-refractivity contribution in [3.8, 4) is 0 Å². The Morgan fingerprint density at radius 1 is 1.11 bits per heavy atom. The monoisotopic (exact) mass is 374 g/mol. The number of rotatable bonds is 4. The fourth-order valence-corrected chi connectivity index (χ4v) is 3.42. The van der Waals surface area contributed by atoms with Crippen LogP contribution >= 0.6 is 0 Å². The molecule has 1 N–H and O–H groups in total. The van der Waals surface area contributed by atoms with Gasteiger partial charge in [0.2, 0.25) is 0 Å². The van der Waals surface area contributed by atoms with Gasteiger partial charge >= 0.3 is 0 Å². The van der Waals surface area contributed by atoms with Gasteiger partial charge in [0.25, 0.3) is 5.91 Å². The Kier molecular flexibility index (Phi) is 4.97. The van der Waals surface area contributed by atoms with Gasteiger partial charge in [-0.05, 0) is 54.3 Å². The first-order valence-electron chi connectivity index (χ1n) is 9.32. The number of nitrogens with zero attached hydrogens (tertiary/aromatic N) is 5. The molecule has 7 nitrogen and oxygen atoms in total. The Bertz CT molecular complexity index is 1010. The Balaban J connectivity index is 1.51. The normalized spacial score (nSPS) is 13.1. The summed E-state index contributed by atoms with van der Waals surface area (Å²) in [4.78, 5) is 23.2. The van der Waals surface area contributed by atoms with Gasteiger partial charge in [-0.25, -0.2) is 0 Å². The molecule has 4 heterocycles. The van der Waals surface area contributed by atoms with Gasteiger partial charge in [-0.15, -0.1) is 10.2 Å². The molecule has 28 heavy (non-hydrogen) atoms. The van der Waals surface area contributed by atoms with Gasteiger partial charge < -0.3 is 10.2 Å². The summed E-state index contributed by atoms with van der Waals surface area (Å²) in [6, 6.07) is 7.81. The molecule has 0 aromatic carbocycles. The molecule has 0 saturated heterocycles. The van der Waals surface area contributed by atoms with Crippen LogP contribution in [-0.2, 0) is 19.5 Å². The standard InChI is InChI=1S/C21H22N6O/c1-14-15(2)20(27-11-7-18-17(13-27)4-3-8-23-18)26-25-19(14)21(28)24-12-16-5-9-22-10-6-16/h3-6,8-10H,7,11-13H2,1-2H3,(H,24,28). The fraction of sp³-hybridized carbons (Fsp3) is 0.286. The second-order valence-corrected chi connectivity index (χ2v) is 6.94. The maximum Gasteiger partial charge on any atom is 0.272 e. The van der Waals surface area contributed by atoms with Crippen molar-refractivity contribution in [1.29, 1.82) is 0 Å². The Morgan fingerprint density at radius 3 is 2.75 bits per heavy atom. The first-order valence-corrected chi connectivity index (χ1v) is 9.32. The summed E-state index contributed by atoms with van der Waals surface area (Å²) in [7, 11) is 0. The number of carbonyl (C=O) groups is 1. The molecule has 0 unspecified atom stereocenters. The highest BCUT2D eigenvalue weighted by atomic mass is 16.1. The molecule has 0 aliphatic carbocycles. The van der Waals surface area contributed by atoms with Gasteiger partial charge in [0.1, 0.15) is 0 Å². The van der Waals surface area contributed by atoms with Crippen molar-refractivity contribution < 1.29 is 4.79 Å². The summed E-state index contributed by atoms with van der Waals surface area (Å²) in [5.41, 5.74) is 5.56. The fourth-order valence-electron chi connectivity index (χ4n) is 3.42. The smallest absolute Gasteiger partial charge is 0.272 e. The number of amides is 1. The van der Waals surface area contributed by atoms with Crippen LogP contribution in [0.1, 0.15) is 38.4 Å². The molecule has 1 amide bonds. The zero-order valence-corrected chi connectivity index (χ0v) is 16.0. The zero-order chi connectivity index (χ0) is 19.5. The van der Waals surface area contributed by atoms with E-state index in [4.69, 9.17) is 0 Å². The number of hydrogen-bond donors (Lipinski definition) is 1. The van der Waals surface area contributed by atoms with Crippen LogP contribution in [0.5, 0.6) is 0 Å². The van der Waals surface area contributed by atoms with E-state index in [-0.39, 0.29) is 5.91 Å².